The monoisotopic (exact) mass is 159 g/mol. The lowest BCUT2D eigenvalue weighted by Gasteiger charge is -2.14. The Labute approximate surface area is 73.9 Å². The second-order valence-electron chi connectivity index (χ2n) is 3.11. The number of hydrogen-bond donors (Lipinski definition) is 0. The maximum Gasteiger partial charge on any atom is 0.254 e. The van der Waals surface area contributed by atoms with E-state index in [0.29, 0.717) is 0 Å². The van der Waals surface area contributed by atoms with Gasteiger partial charge in [0.15, 0.2) is 0 Å². The van der Waals surface area contributed by atoms with Crippen molar-refractivity contribution in [1.82, 2.24) is 0 Å². The molecule has 1 aromatic carbocycles. The fourth-order valence-electron chi connectivity index (χ4n) is 1.14. The molecule has 0 aromatic heterocycles. The molecule has 1 atom stereocenters. The highest BCUT2D eigenvalue weighted by molar-refractivity contribution is 5.26. The van der Waals surface area contributed by atoms with Crippen LogP contribution < -0.4 is 0 Å². The molecule has 1 rings (SSSR count). The van der Waals surface area contributed by atoms with Gasteiger partial charge in [-0.2, -0.15) is 0 Å². The van der Waals surface area contributed by atoms with E-state index in [9.17, 15) is 0 Å². The summed E-state index contributed by atoms with van der Waals surface area (Å²) < 4.78 is 0. The van der Waals surface area contributed by atoms with Crippen LogP contribution in [0.25, 0.3) is 4.85 Å². The molecule has 0 amide bonds. The second-order valence-corrected chi connectivity index (χ2v) is 3.11. The van der Waals surface area contributed by atoms with E-state index in [-0.39, 0.29) is 5.54 Å². The van der Waals surface area contributed by atoms with E-state index in [1.165, 1.54) is 0 Å². The average Bonchev–Trinajstić information content (AvgIpc) is 2.18. The third-order valence-electron chi connectivity index (χ3n) is 2.33. The van der Waals surface area contributed by atoms with Gasteiger partial charge in [-0.25, -0.2) is 6.57 Å². The minimum Gasteiger partial charge on any atom is -0.306 e. The van der Waals surface area contributed by atoms with Crippen LogP contribution in [0.5, 0.6) is 0 Å². The molecular weight excluding hydrogens is 146 g/mol. The zero-order chi connectivity index (χ0) is 9.03. The normalized spacial score (nSPS) is 14.8. The first-order valence-corrected chi connectivity index (χ1v) is 4.17. The molecule has 0 unspecified atom stereocenters. The van der Waals surface area contributed by atoms with Crippen molar-refractivity contribution in [2.24, 2.45) is 0 Å². The Morgan fingerprint density at radius 1 is 1.33 bits per heavy atom. The van der Waals surface area contributed by atoms with E-state index < -0.39 is 0 Å². The minimum absolute atomic E-state index is 0.332. The third kappa shape index (κ3) is 1.48. The van der Waals surface area contributed by atoms with Crippen LogP contribution in [-0.2, 0) is 5.54 Å². The Morgan fingerprint density at radius 3 is 2.33 bits per heavy atom. The van der Waals surface area contributed by atoms with Crippen LogP contribution in [0.3, 0.4) is 0 Å². The first-order valence-electron chi connectivity index (χ1n) is 4.17. The quantitative estimate of drug-likeness (QED) is 0.583. The highest BCUT2D eigenvalue weighted by Gasteiger charge is 2.29. The molecule has 0 heterocycles. The summed E-state index contributed by atoms with van der Waals surface area (Å²) in [4.78, 5) is 3.66. The van der Waals surface area contributed by atoms with Crippen molar-refractivity contribution >= 4 is 0 Å². The van der Waals surface area contributed by atoms with Crippen molar-refractivity contribution in [2.75, 3.05) is 0 Å². The Morgan fingerprint density at radius 2 is 1.92 bits per heavy atom. The molecule has 1 heteroatoms. The summed E-state index contributed by atoms with van der Waals surface area (Å²) in [6, 6.07) is 9.97. The van der Waals surface area contributed by atoms with Crippen LogP contribution in [0.2, 0.25) is 0 Å². The first kappa shape index (κ1) is 8.80. The van der Waals surface area contributed by atoms with E-state index in [0.717, 1.165) is 12.0 Å². The van der Waals surface area contributed by atoms with E-state index in [4.69, 9.17) is 6.57 Å². The largest absolute Gasteiger partial charge is 0.306 e. The van der Waals surface area contributed by atoms with Crippen molar-refractivity contribution in [2.45, 2.75) is 25.8 Å². The molecule has 0 fully saturated rings. The fraction of sp³-hybridized carbons (Fsp3) is 0.364. The van der Waals surface area contributed by atoms with Gasteiger partial charge in [0.25, 0.3) is 5.54 Å². The molecule has 12 heavy (non-hydrogen) atoms. The number of hydrogen-bond acceptors (Lipinski definition) is 0. The Kier molecular flexibility index (Phi) is 2.50. The molecule has 0 aliphatic heterocycles. The average molecular weight is 159 g/mol. The second kappa shape index (κ2) is 3.40. The van der Waals surface area contributed by atoms with Gasteiger partial charge in [-0.05, 0) is 0 Å². The Bertz CT molecular complexity index is 284. The van der Waals surface area contributed by atoms with Gasteiger partial charge in [0.05, 0.1) is 0 Å². The zero-order valence-corrected chi connectivity index (χ0v) is 7.54. The van der Waals surface area contributed by atoms with Crippen LogP contribution in [0.1, 0.15) is 25.8 Å². The van der Waals surface area contributed by atoms with Gasteiger partial charge in [0, 0.05) is 18.9 Å². The molecule has 0 saturated heterocycles. The highest BCUT2D eigenvalue weighted by Crippen LogP contribution is 2.28. The molecule has 0 aliphatic carbocycles. The molecular formula is C11H13N. The lowest BCUT2D eigenvalue weighted by Crippen LogP contribution is -2.14. The Hall–Kier alpha value is -1.29. The fourth-order valence-corrected chi connectivity index (χ4v) is 1.14. The van der Waals surface area contributed by atoms with E-state index in [1.54, 1.807) is 0 Å². The van der Waals surface area contributed by atoms with Crippen molar-refractivity contribution in [1.29, 1.82) is 0 Å². The first-order chi connectivity index (χ1) is 5.73. The summed E-state index contributed by atoms with van der Waals surface area (Å²) in [7, 11) is 0. The topological polar surface area (TPSA) is 4.36 Å². The van der Waals surface area contributed by atoms with E-state index in [2.05, 4.69) is 4.85 Å². The molecule has 0 N–H and O–H groups in total. The van der Waals surface area contributed by atoms with Gasteiger partial charge in [-0.1, -0.05) is 37.3 Å². The summed E-state index contributed by atoms with van der Waals surface area (Å²) in [5.41, 5.74) is 0.781. The minimum atomic E-state index is -0.332. The maximum atomic E-state index is 7.12. The number of rotatable bonds is 2. The summed E-state index contributed by atoms with van der Waals surface area (Å²) in [5, 5.41) is 0. The van der Waals surface area contributed by atoms with Crippen LogP contribution >= 0.6 is 0 Å². The van der Waals surface area contributed by atoms with Crippen molar-refractivity contribution < 1.29 is 0 Å². The third-order valence-corrected chi connectivity index (χ3v) is 2.33. The van der Waals surface area contributed by atoms with Crippen LogP contribution in [0.15, 0.2) is 30.3 Å². The molecule has 62 valence electrons. The molecule has 0 radical (unpaired) electrons. The lowest BCUT2D eigenvalue weighted by atomic mass is 9.90. The van der Waals surface area contributed by atoms with E-state index in [1.807, 2.05) is 44.2 Å². The molecule has 1 aromatic rings. The van der Waals surface area contributed by atoms with Crippen LogP contribution in [0.4, 0.5) is 0 Å². The standard InChI is InChI=1S/C11H13N/c1-4-11(2,12-3)10-8-6-5-7-9-10/h5-9H,4H2,1-2H3/t11-/m1/s1. The van der Waals surface area contributed by atoms with Crippen LogP contribution in [-0.4, -0.2) is 0 Å². The van der Waals surface area contributed by atoms with Gasteiger partial charge in [-0.15, -0.1) is 0 Å². The van der Waals surface area contributed by atoms with Gasteiger partial charge >= 0.3 is 0 Å². The number of benzene rings is 1. The smallest absolute Gasteiger partial charge is 0.254 e. The Balaban J connectivity index is 3.06. The molecule has 0 spiro atoms. The van der Waals surface area contributed by atoms with Crippen molar-refractivity contribution in [3.63, 3.8) is 0 Å². The maximum absolute atomic E-state index is 7.12. The predicted molar refractivity (Wildman–Crippen MR) is 50.7 cm³/mol. The lowest BCUT2D eigenvalue weighted by molar-refractivity contribution is 0.567. The SMILES string of the molecule is [C-]#[N+][C@](C)(CC)c1ccccc1. The highest BCUT2D eigenvalue weighted by atomic mass is 14.8. The molecule has 1 nitrogen and oxygen atoms in total. The predicted octanol–water partition coefficient (Wildman–Crippen LogP) is 3.23. The summed E-state index contributed by atoms with van der Waals surface area (Å²) in [5.74, 6) is 0. The van der Waals surface area contributed by atoms with Gasteiger partial charge in [-0.3, -0.25) is 0 Å². The summed E-state index contributed by atoms with van der Waals surface area (Å²) in [6.45, 7) is 11.1. The van der Waals surface area contributed by atoms with Crippen LogP contribution in [0, 0.1) is 6.57 Å². The van der Waals surface area contributed by atoms with Crippen molar-refractivity contribution in [3.05, 3.63) is 47.3 Å². The summed E-state index contributed by atoms with van der Waals surface area (Å²) in [6.07, 6.45) is 0.862. The van der Waals surface area contributed by atoms with Crippen molar-refractivity contribution in [3.8, 4) is 0 Å². The zero-order valence-electron chi connectivity index (χ0n) is 7.54. The van der Waals surface area contributed by atoms with Gasteiger partial charge in [0.2, 0.25) is 0 Å². The van der Waals surface area contributed by atoms with Gasteiger partial charge in [0.1, 0.15) is 0 Å². The molecule has 0 saturated carbocycles. The van der Waals surface area contributed by atoms with Gasteiger partial charge < -0.3 is 4.85 Å². The van der Waals surface area contributed by atoms with E-state index >= 15 is 0 Å². The number of nitrogens with zero attached hydrogens (tertiary/aromatic N) is 1. The summed E-state index contributed by atoms with van der Waals surface area (Å²) >= 11 is 0. The molecule has 0 aliphatic rings. The molecule has 0 bridgehead atoms.